The van der Waals surface area contributed by atoms with E-state index in [0.717, 1.165) is 22.6 Å². The number of benzene rings is 2. The normalized spacial score (nSPS) is 16.5. The van der Waals surface area contributed by atoms with Crippen LogP contribution in [0.15, 0.2) is 48.5 Å². The molecule has 1 aliphatic heterocycles. The highest BCUT2D eigenvalue weighted by molar-refractivity contribution is 5.96. The van der Waals surface area contributed by atoms with Crippen molar-refractivity contribution in [1.29, 1.82) is 0 Å². The molecule has 2 aromatic rings. The number of methoxy groups -OCH3 is 1. The maximum Gasteiger partial charge on any atom is 0.315 e. The second-order valence-corrected chi connectivity index (χ2v) is 6.42. The molecule has 2 aromatic carbocycles. The third-order valence-corrected chi connectivity index (χ3v) is 4.42. The van der Waals surface area contributed by atoms with E-state index in [0.29, 0.717) is 19.5 Å². The molecule has 0 radical (unpaired) electrons. The summed E-state index contributed by atoms with van der Waals surface area (Å²) in [7, 11) is 1.61. The van der Waals surface area contributed by atoms with Crippen LogP contribution in [0, 0.1) is 6.92 Å². The molecule has 0 aromatic heterocycles. The number of hydrogen-bond acceptors (Lipinski definition) is 3. The van der Waals surface area contributed by atoms with Gasteiger partial charge in [0.2, 0.25) is 5.91 Å². The Labute approximate surface area is 153 Å². The number of anilines is 1. The fraction of sp³-hybridized carbons (Fsp3) is 0.300. The molecule has 6 nitrogen and oxygen atoms in total. The lowest BCUT2D eigenvalue weighted by Gasteiger charge is -2.17. The minimum atomic E-state index is -0.274. The topological polar surface area (TPSA) is 70.7 Å². The molecule has 1 atom stereocenters. The van der Waals surface area contributed by atoms with Crippen LogP contribution in [0.1, 0.15) is 17.5 Å². The Kier molecular flexibility index (Phi) is 5.41. The average Bonchev–Trinajstić information content (AvgIpc) is 3.01. The van der Waals surface area contributed by atoms with Crippen LogP contribution < -0.4 is 20.3 Å². The molecule has 1 saturated heterocycles. The summed E-state index contributed by atoms with van der Waals surface area (Å²) in [5.41, 5.74) is 2.99. The van der Waals surface area contributed by atoms with E-state index < -0.39 is 0 Å². The maximum atomic E-state index is 12.2. The number of nitrogens with one attached hydrogen (secondary N) is 2. The van der Waals surface area contributed by atoms with Crippen LogP contribution in [0.25, 0.3) is 0 Å². The summed E-state index contributed by atoms with van der Waals surface area (Å²) < 4.78 is 5.11. The van der Waals surface area contributed by atoms with Crippen LogP contribution in [0.4, 0.5) is 10.5 Å². The Morgan fingerprint density at radius 2 is 1.85 bits per heavy atom. The van der Waals surface area contributed by atoms with Crippen LogP contribution in [0.5, 0.6) is 5.75 Å². The van der Waals surface area contributed by atoms with E-state index in [4.69, 9.17) is 4.74 Å². The largest absolute Gasteiger partial charge is 0.497 e. The molecular formula is C20H23N3O3. The summed E-state index contributed by atoms with van der Waals surface area (Å²) in [5, 5.41) is 5.70. The standard InChI is InChI=1S/C20H23N3O3/c1-14-3-7-17(8-4-14)23-13-16(11-19(23)24)22-20(25)21-12-15-5-9-18(26-2)10-6-15/h3-10,16H,11-13H2,1-2H3,(H2,21,22,25)/t16-/m1/s1. The molecule has 1 aliphatic rings. The van der Waals surface area contributed by atoms with Gasteiger partial charge in [0, 0.05) is 25.2 Å². The number of urea groups is 1. The lowest BCUT2D eigenvalue weighted by Crippen LogP contribution is -2.43. The molecule has 0 aliphatic carbocycles. The lowest BCUT2D eigenvalue weighted by atomic mass is 10.2. The van der Waals surface area contributed by atoms with E-state index in [-0.39, 0.29) is 18.0 Å². The van der Waals surface area contributed by atoms with E-state index >= 15 is 0 Å². The zero-order valence-electron chi connectivity index (χ0n) is 15.0. The molecule has 0 unspecified atom stereocenters. The molecule has 6 heteroatoms. The maximum absolute atomic E-state index is 12.2. The predicted octanol–water partition coefficient (Wildman–Crippen LogP) is 2.61. The van der Waals surface area contributed by atoms with E-state index in [2.05, 4.69) is 10.6 Å². The first-order valence-electron chi connectivity index (χ1n) is 8.59. The molecule has 26 heavy (non-hydrogen) atoms. The quantitative estimate of drug-likeness (QED) is 0.868. The van der Waals surface area contributed by atoms with Crippen LogP contribution in [-0.4, -0.2) is 31.6 Å². The van der Waals surface area contributed by atoms with Gasteiger partial charge in [-0.25, -0.2) is 4.79 Å². The number of hydrogen-bond donors (Lipinski definition) is 2. The molecule has 1 fully saturated rings. The fourth-order valence-electron chi connectivity index (χ4n) is 2.94. The average molecular weight is 353 g/mol. The Hall–Kier alpha value is -3.02. The van der Waals surface area contributed by atoms with Gasteiger partial charge >= 0.3 is 6.03 Å². The van der Waals surface area contributed by atoms with E-state index in [1.807, 2.05) is 55.5 Å². The molecule has 136 valence electrons. The summed E-state index contributed by atoms with van der Waals surface area (Å²) in [6.07, 6.45) is 0.309. The van der Waals surface area contributed by atoms with Crippen LogP contribution in [-0.2, 0) is 11.3 Å². The Morgan fingerprint density at radius 3 is 2.50 bits per heavy atom. The van der Waals surface area contributed by atoms with Gasteiger partial charge in [-0.05, 0) is 36.8 Å². The predicted molar refractivity (Wildman–Crippen MR) is 100 cm³/mol. The molecule has 3 amide bonds. The fourth-order valence-corrected chi connectivity index (χ4v) is 2.94. The number of carbonyl (C=O) groups is 2. The first-order valence-corrected chi connectivity index (χ1v) is 8.59. The SMILES string of the molecule is COc1ccc(CNC(=O)N[C@@H]2CC(=O)N(c3ccc(C)cc3)C2)cc1. The summed E-state index contributed by atoms with van der Waals surface area (Å²) in [4.78, 5) is 26.1. The highest BCUT2D eigenvalue weighted by atomic mass is 16.5. The zero-order valence-corrected chi connectivity index (χ0v) is 15.0. The van der Waals surface area contributed by atoms with Crippen molar-refractivity contribution in [2.24, 2.45) is 0 Å². The number of amides is 3. The number of nitrogens with zero attached hydrogens (tertiary/aromatic N) is 1. The van der Waals surface area contributed by atoms with Crippen molar-refractivity contribution in [2.75, 3.05) is 18.6 Å². The summed E-state index contributed by atoms with van der Waals surface area (Å²) in [5.74, 6) is 0.799. The molecule has 0 spiro atoms. The van der Waals surface area contributed by atoms with Crippen molar-refractivity contribution >= 4 is 17.6 Å². The second kappa shape index (κ2) is 7.91. The number of rotatable bonds is 5. The Balaban J connectivity index is 1.50. The van der Waals surface area contributed by atoms with Crippen LogP contribution >= 0.6 is 0 Å². The van der Waals surface area contributed by atoms with Gasteiger partial charge in [0.05, 0.1) is 13.2 Å². The molecule has 1 heterocycles. The summed E-state index contributed by atoms with van der Waals surface area (Å²) >= 11 is 0. The first-order chi connectivity index (χ1) is 12.5. The number of aryl methyl sites for hydroxylation is 1. The van der Waals surface area contributed by atoms with Gasteiger partial charge in [-0.3, -0.25) is 4.79 Å². The monoisotopic (exact) mass is 353 g/mol. The van der Waals surface area contributed by atoms with Crippen molar-refractivity contribution in [3.8, 4) is 5.75 Å². The van der Waals surface area contributed by atoms with Gasteiger partial charge in [-0.15, -0.1) is 0 Å². The van der Waals surface area contributed by atoms with Gasteiger partial charge in [-0.1, -0.05) is 29.8 Å². The van der Waals surface area contributed by atoms with Crippen LogP contribution in [0.3, 0.4) is 0 Å². The molecular weight excluding hydrogens is 330 g/mol. The molecule has 0 bridgehead atoms. The lowest BCUT2D eigenvalue weighted by molar-refractivity contribution is -0.117. The zero-order chi connectivity index (χ0) is 18.5. The first kappa shape index (κ1) is 17.8. The van der Waals surface area contributed by atoms with Gasteiger partial charge < -0.3 is 20.3 Å². The van der Waals surface area contributed by atoms with Crippen molar-refractivity contribution in [1.82, 2.24) is 10.6 Å². The number of carbonyl (C=O) groups excluding carboxylic acids is 2. The third-order valence-electron chi connectivity index (χ3n) is 4.42. The highest BCUT2D eigenvalue weighted by Gasteiger charge is 2.31. The smallest absolute Gasteiger partial charge is 0.315 e. The van der Waals surface area contributed by atoms with Crippen molar-refractivity contribution in [2.45, 2.75) is 25.9 Å². The van der Waals surface area contributed by atoms with Gasteiger partial charge in [0.25, 0.3) is 0 Å². The Morgan fingerprint density at radius 1 is 1.15 bits per heavy atom. The minimum Gasteiger partial charge on any atom is -0.497 e. The van der Waals surface area contributed by atoms with Crippen molar-refractivity contribution in [3.05, 3.63) is 59.7 Å². The Bertz CT molecular complexity index is 772. The van der Waals surface area contributed by atoms with Crippen LogP contribution in [0.2, 0.25) is 0 Å². The van der Waals surface area contributed by atoms with E-state index in [1.165, 1.54) is 0 Å². The van der Waals surface area contributed by atoms with E-state index in [9.17, 15) is 9.59 Å². The van der Waals surface area contributed by atoms with Gasteiger partial charge in [0.1, 0.15) is 5.75 Å². The summed E-state index contributed by atoms with van der Waals surface area (Å²) in [6, 6.07) is 14.8. The highest BCUT2D eigenvalue weighted by Crippen LogP contribution is 2.22. The van der Waals surface area contributed by atoms with E-state index in [1.54, 1.807) is 12.0 Å². The third kappa shape index (κ3) is 4.33. The van der Waals surface area contributed by atoms with Gasteiger partial charge in [0.15, 0.2) is 0 Å². The molecule has 2 N–H and O–H groups in total. The molecule has 3 rings (SSSR count). The minimum absolute atomic E-state index is 0.0225. The van der Waals surface area contributed by atoms with Crippen molar-refractivity contribution in [3.63, 3.8) is 0 Å². The second-order valence-electron chi connectivity index (χ2n) is 6.42. The molecule has 0 saturated carbocycles. The summed E-state index contributed by atoms with van der Waals surface area (Å²) in [6.45, 7) is 2.91. The number of ether oxygens (including phenoxy) is 1. The van der Waals surface area contributed by atoms with Crippen molar-refractivity contribution < 1.29 is 14.3 Å². The van der Waals surface area contributed by atoms with Gasteiger partial charge in [-0.2, -0.15) is 0 Å².